The van der Waals surface area contributed by atoms with Crippen molar-refractivity contribution in [3.63, 3.8) is 0 Å². The average molecular weight is 1830 g/mol. The first-order valence-corrected chi connectivity index (χ1v) is 48.4. The maximum absolute atomic E-state index is 11.2. The molecule has 0 nitrogen and oxygen atoms in total. The first-order valence-electron chi connectivity index (χ1n) is 31.4. The van der Waals surface area contributed by atoms with Crippen LogP contribution in [0, 0.1) is 75.0 Å². The molecule has 10 radical (unpaired) electrons. The second-order valence-corrected chi connectivity index (χ2v) is 43.1. The van der Waals surface area contributed by atoms with E-state index in [4.69, 9.17) is 0 Å². The Morgan fingerprint density at radius 2 is 0.410 bits per heavy atom. The summed E-state index contributed by atoms with van der Waals surface area (Å²) in [6.45, 7) is 0. The Balaban J connectivity index is 0.000000321. The minimum absolute atomic E-state index is 0. The summed E-state index contributed by atoms with van der Waals surface area (Å²) >= 11 is -22.5. The minimum Gasteiger partial charge on any atom is -0.0622 e. The number of fused-ring (bicyclic) bond motifs is 4. The van der Waals surface area contributed by atoms with Crippen molar-refractivity contribution in [3.05, 3.63) is 355 Å². The Kier molecular flexibility index (Phi) is 26.2. The molecule has 520 valence electrons. The van der Waals surface area contributed by atoms with E-state index in [9.17, 15) is 33.8 Å². The number of hydrogen-bond acceptors (Lipinski definition) is 0. The number of hydrogen-bond donors (Lipinski definition) is 0. The zero-order chi connectivity index (χ0) is 69.1. The van der Waals surface area contributed by atoms with Gasteiger partial charge in [-0.05, 0) is 200 Å². The molecule has 0 aromatic heterocycles. The fraction of sp³-hybridized carbons (Fsp3) is 0.0750. The van der Waals surface area contributed by atoms with Crippen LogP contribution in [0.25, 0.3) is 22.3 Å². The Hall–Kier alpha value is -4.82. The fourth-order valence-electron chi connectivity index (χ4n) is 12.2. The molecule has 4 aliphatic rings. The number of halogens is 12. The summed E-state index contributed by atoms with van der Waals surface area (Å²) < 4.78 is 119. The van der Waals surface area contributed by atoms with E-state index < -0.39 is 70.6 Å². The van der Waals surface area contributed by atoms with E-state index in [0.29, 0.717) is 0 Å². The largest absolute Gasteiger partial charge is 0.0622 e. The first kappa shape index (κ1) is 79.3. The van der Waals surface area contributed by atoms with E-state index in [-0.39, 0.29) is 39.0 Å². The summed E-state index contributed by atoms with van der Waals surface area (Å²) in [6.07, 6.45) is 21.1. The standard InChI is InChI=1S/C66H50P4.2C7H8.12FH.2Rh.2Sb/c1-9-29-51(30-10-1)67(52-31-11-2-12-32-52)62-47-27-25-45-59(62)60-49-50-64(69(55-37-17-5-18-38-55)56-39-19-6-20-40-56)65(66(60)70(57-41-21-7-22-42-57)58-43-23-8-24-44-58)61-46-26-28-48-63(61)68(53-33-13-3-14-34-53)54-35-15-4-16-36-54;2*1-2-7-4-3-6(1)5-7;;;;;;;;;;;;;;;;/h1-50H;2*1-4,6-7H,5H2;12*1H;;;;/q;;;;;;;;;;;;;;;;;2*+5/p-12. The maximum atomic E-state index is 9.93. The van der Waals surface area contributed by atoms with Crippen molar-refractivity contribution in [1.29, 1.82) is 0 Å². The van der Waals surface area contributed by atoms with Gasteiger partial charge in [-0.1, -0.05) is 303 Å². The molecule has 15 rings (SSSR count). The van der Waals surface area contributed by atoms with Gasteiger partial charge in [-0.3, -0.25) is 0 Å². The molecule has 11 aromatic rings. The quantitative estimate of drug-likeness (QED) is 0.0578. The smallest absolute Gasteiger partial charge is 0.00131 e. The maximum Gasteiger partial charge on any atom is 0.00131 e. The Labute approximate surface area is 614 Å². The molecule has 0 unspecified atom stereocenters. The SMILES string of the molecule is [CH]1[CH]C2[CH][CH]C1C2.[CH]1[CH]C2[CH][CH]C1C2.[F][Sb-]([F])([F])([F])([F])[F].[F][Sb-]([F])([F])([F])([F])[F].[Rh].[Rh].c1ccc(P(c2ccccc2)c2ccccc2-c2ccc(P(c3ccccc3)c3ccccc3)c(-c3ccccc3P(c3ccccc3)c3ccccc3)c2P(c2ccccc2)c2ccccc2)cc1. The average Bonchev–Trinajstić information content (AvgIpc) is 1.15. The van der Waals surface area contributed by atoms with Gasteiger partial charge in [0.1, 0.15) is 0 Å². The van der Waals surface area contributed by atoms with Crippen LogP contribution in [0.3, 0.4) is 0 Å². The van der Waals surface area contributed by atoms with Crippen LogP contribution < -0.4 is 63.7 Å². The van der Waals surface area contributed by atoms with Crippen LogP contribution in [0.1, 0.15) is 12.8 Å². The van der Waals surface area contributed by atoms with Gasteiger partial charge in [-0.15, -0.1) is 0 Å². The molecule has 0 atom stereocenters. The van der Waals surface area contributed by atoms with Gasteiger partial charge in [0.25, 0.3) is 0 Å². The van der Waals surface area contributed by atoms with Gasteiger partial charge in [-0.2, -0.15) is 0 Å². The number of benzene rings is 11. The summed E-state index contributed by atoms with van der Waals surface area (Å²) in [5.41, 5.74) is 5.18. The Bertz CT molecular complexity index is 4110. The summed E-state index contributed by atoms with van der Waals surface area (Å²) in [5.74, 6) is 3.24. The van der Waals surface area contributed by atoms with E-state index in [0.717, 1.165) is 23.7 Å². The zero-order valence-electron chi connectivity index (χ0n) is 53.1. The molecular weight excluding hydrogens is 1760 g/mol. The van der Waals surface area contributed by atoms with Crippen LogP contribution in [0.2, 0.25) is 0 Å². The molecule has 4 bridgehead atoms. The van der Waals surface area contributed by atoms with Crippen LogP contribution in [0.5, 0.6) is 0 Å². The van der Waals surface area contributed by atoms with Gasteiger partial charge in [0.2, 0.25) is 0 Å². The normalized spacial score (nSPS) is 17.9. The Morgan fingerprint density at radius 1 is 0.210 bits per heavy atom. The van der Waals surface area contributed by atoms with E-state index in [1.165, 1.54) is 98.7 Å². The molecule has 0 spiro atoms. The van der Waals surface area contributed by atoms with Crippen LogP contribution in [0.4, 0.5) is 33.8 Å². The van der Waals surface area contributed by atoms with Crippen molar-refractivity contribution in [1.82, 2.24) is 0 Å². The van der Waals surface area contributed by atoms with Crippen LogP contribution in [-0.2, 0) is 39.0 Å². The summed E-state index contributed by atoms with van der Waals surface area (Å²) in [5, 5.41) is 16.1. The van der Waals surface area contributed by atoms with E-state index >= 15 is 0 Å². The fourth-order valence-corrected chi connectivity index (χ4v) is 22.4. The van der Waals surface area contributed by atoms with Crippen molar-refractivity contribution in [2.45, 2.75) is 12.8 Å². The van der Waals surface area contributed by atoms with Crippen LogP contribution >= 0.6 is 31.7 Å². The van der Waals surface area contributed by atoms with E-state index in [1.54, 1.807) is 0 Å². The predicted octanol–water partition coefficient (Wildman–Crippen LogP) is 19.2. The predicted molar refractivity (Wildman–Crippen MR) is 395 cm³/mol. The molecule has 100 heavy (non-hydrogen) atoms. The third-order valence-electron chi connectivity index (χ3n) is 16.1. The second-order valence-electron chi connectivity index (χ2n) is 23.5. The van der Waals surface area contributed by atoms with Crippen molar-refractivity contribution in [3.8, 4) is 22.3 Å². The summed E-state index contributed by atoms with van der Waals surface area (Å²) in [7, 11) is -4.17. The second kappa shape index (κ2) is 33.1. The monoisotopic (exact) mass is 1830 g/mol. The first-order chi connectivity index (χ1) is 46.6. The van der Waals surface area contributed by atoms with Crippen molar-refractivity contribution < 1.29 is 72.7 Å². The minimum atomic E-state index is -11.2. The van der Waals surface area contributed by atoms with Crippen LogP contribution in [0.15, 0.2) is 303 Å². The van der Waals surface area contributed by atoms with Gasteiger partial charge in [-0.25, -0.2) is 0 Å². The molecule has 0 heterocycles. The molecule has 4 saturated carbocycles. The molecule has 0 amide bonds. The van der Waals surface area contributed by atoms with Gasteiger partial charge >= 0.3 is 72.7 Å². The van der Waals surface area contributed by atoms with Crippen molar-refractivity contribution in [2.24, 2.45) is 23.7 Å². The van der Waals surface area contributed by atoms with Gasteiger partial charge in [0, 0.05) is 44.3 Å². The summed E-state index contributed by atoms with van der Waals surface area (Å²) in [4.78, 5) is 0. The van der Waals surface area contributed by atoms with Gasteiger partial charge < -0.3 is 0 Å². The topological polar surface area (TPSA) is 0 Å². The third-order valence-corrected chi connectivity index (χ3v) is 26.1. The van der Waals surface area contributed by atoms with Crippen LogP contribution in [-0.4, -0.2) is 39.0 Å². The van der Waals surface area contributed by atoms with E-state index in [1.807, 2.05) is 0 Å². The zero-order valence-corrected chi connectivity index (χ0v) is 65.1. The molecule has 0 saturated heterocycles. The molecule has 0 aliphatic heterocycles. The van der Waals surface area contributed by atoms with Gasteiger partial charge in [0.15, 0.2) is 0 Å². The molecule has 0 N–H and O–H groups in total. The molecule has 11 aromatic carbocycles. The van der Waals surface area contributed by atoms with Crippen molar-refractivity contribution in [2.75, 3.05) is 0 Å². The summed E-state index contributed by atoms with van der Waals surface area (Å²) in [6, 6.07) is 114. The molecule has 4 aliphatic carbocycles. The Morgan fingerprint density at radius 3 is 0.650 bits per heavy atom. The number of rotatable bonds is 14. The van der Waals surface area contributed by atoms with Gasteiger partial charge in [0.05, 0.1) is 0 Å². The molecule has 4 fully saturated rings. The van der Waals surface area contributed by atoms with E-state index in [2.05, 4.69) is 355 Å². The van der Waals surface area contributed by atoms with Crippen molar-refractivity contribution >= 4 is 134 Å². The molecular formula is C80H66F12P4Rh2Sb2-2. The third kappa shape index (κ3) is 23.9. The molecule has 20 heteroatoms.